The normalized spacial score (nSPS) is 15.7. The number of benzene rings is 1. The number of hydrogen-bond acceptors (Lipinski definition) is 4. The van der Waals surface area contributed by atoms with E-state index in [-0.39, 0.29) is 17.6 Å². The van der Waals surface area contributed by atoms with Gasteiger partial charge in [-0.1, -0.05) is 0 Å². The van der Waals surface area contributed by atoms with E-state index in [1.807, 2.05) is 0 Å². The van der Waals surface area contributed by atoms with Gasteiger partial charge in [-0.15, -0.1) is 0 Å². The van der Waals surface area contributed by atoms with Crippen molar-refractivity contribution in [3.8, 4) is 5.75 Å². The van der Waals surface area contributed by atoms with Gasteiger partial charge in [0.1, 0.15) is 5.75 Å². The van der Waals surface area contributed by atoms with E-state index in [0.29, 0.717) is 17.0 Å². The van der Waals surface area contributed by atoms with Crippen LogP contribution in [0.4, 0.5) is 5.69 Å². The van der Waals surface area contributed by atoms with Crippen molar-refractivity contribution in [3.05, 3.63) is 23.8 Å². The lowest BCUT2D eigenvalue weighted by atomic mass is 9.89. The third-order valence-corrected chi connectivity index (χ3v) is 3.50. The number of piperidine rings is 1. The molecular formula is C15H20N2O3. The Balaban J connectivity index is 2.22. The Morgan fingerprint density at radius 1 is 1.30 bits per heavy atom. The third kappa shape index (κ3) is 3.36. The predicted octanol–water partition coefficient (Wildman–Crippen LogP) is 1.84. The van der Waals surface area contributed by atoms with Crippen LogP contribution in [0.25, 0.3) is 0 Å². The number of methoxy groups -OCH3 is 1. The van der Waals surface area contributed by atoms with Crippen LogP contribution in [-0.2, 0) is 4.79 Å². The van der Waals surface area contributed by atoms with Crippen LogP contribution in [0.5, 0.6) is 5.75 Å². The minimum absolute atomic E-state index is 0.0647. The summed E-state index contributed by atoms with van der Waals surface area (Å²) in [5.41, 5.74) is 1.17. The van der Waals surface area contributed by atoms with Crippen LogP contribution in [0, 0.1) is 5.92 Å². The second kappa shape index (κ2) is 6.52. The van der Waals surface area contributed by atoms with E-state index >= 15 is 0 Å². The molecule has 0 unspecified atom stereocenters. The third-order valence-electron chi connectivity index (χ3n) is 3.50. The molecule has 1 aromatic carbocycles. The molecule has 108 valence electrons. The summed E-state index contributed by atoms with van der Waals surface area (Å²) in [6, 6.07) is 5.18. The second-order valence-electron chi connectivity index (χ2n) is 4.98. The highest BCUT2D eigenvalue weighted by atomic mass is 16.5. The predicted molar refractivity (Wildman–Crippen MR) is 77.2 cm³/mol. The number of hydrogen-bond donors (Lipinski definition) is 2. The molecular weight excluding hydrogens is 256 g/mol. The van der Waals surface area contributed by atoms with E-state index in [1.54, 1.807) is 18.2 Å². The van der Waals surface area contributed by atoms with Gasteiger partial charge < -0.3 is 15.4 Å². The molecule has 20 heavy (non-hydrogen) atoms. The Bertz CT molecular complexity index is 508. The molecule has 1 heterocycles. The summed E-state index contributed by atoms with van der Waals surface area (Å²) in [6.07, 6.45) is 1.72. The van der Waals surface area contributed by atoms with Crippen molar-refractivity contribution < 1.29 is 14.3 Å². The van der Waals surface area contributed by atoms with Crippen LogP contribution in [0.15, 0.2) is 18.2 Å². The van der Waals surface area contributed by atoms with Gasteiger partial charge in [-0.05, 0) is 44.1 Å². The molecule has 5 heteroatoms. The molecule has 0 saturated carbocycles. The lowest BCUT2D eigenvalue weighted by molar-refractivity contribution is -0.114. The number of rotatable bonds is 4. The molecule has 5 nitrogen and oxygen atoms in total. The van der Waals surface area contributed by atoms with Gasteiger partial charge in [0, 0.05) is 18.4 Å². The summed E-state index contributed by atoms with van der Waals surface area (Å²) in [5, 5.41) is 5.94. The van der Waals surface area contributed by atoms with Crippen LogP contribution in [0.2, 0.25) is 0 Å². The van der Waals surface area contributed by atoms with Crippen molar-refractivity contribution in [1.29, 1.82) is 0 Å². The first-order valence-corrected chi connectivity index (χ1v) is 6.82. The summed E-state index contributed by atoms with van der Waals surface area (Å²) < 4.78 is 5.19. The van der Waals surface area contributed by atoms with E-state index in [1.165, 1.54) is 14.0 Å². The number of ketones is 1. The van der Waals surface area contributed by atoms with Gasteiger partial charge in [-0.2, -0.15) is 0 Å². The Morgan fingerprint density at radius 3 is 2.60 bits per heavy atom. The zero-order valence-corrected chi connectivity index (χ0v) is 11.9. The topological polar surface area (TPSA) is 67.4 Å². The van der Waals surface area contributed by atoms with E-state index in [4.69, 9.17) is 4.74 Å². The molecule has 1 amide bonds. The smallest absolute Gasteiger partial charge is 0.221 e. The van der Waals surface area contributed by atoms with Crippen molar-refractivity contribution in [2.24, 2.45) is 5.92 Å². The summed E-state index contributed by atoms with van der Waals surface area (Å²) in [7, 11) is 1.54. The summed E-state index contributed by atoms with van der Waals surface area (Å²) >= 11 is 0. The maximum Gasteiger partial charge on any atom is 0.221 e. The molecule has 1 fully saturated rings. The molecule has 2 rings (SSSR count). The molecule has 1 aliphatic heterocycles. The number of carbonyl (C=O) groups excluding carboxylic acids is 2. The second-order valence-corrected chi connectivity index (χ2v) is 4.98. The monoisotopic (exact) mass is 276 g/mol. The first-order chi connectivity index (χ1) is 9.61. The fraction of sp³-hybridized carbons (Fsp3) is 0.467. The number of Topliss-reactive ketones (excluding diaryl/α,β-unsaturated/α-hetero) is 1. The molecule has 0 aliphatic carbocycles. The van der Waals surface area contributed by atoms with Crippen molar-refractivity contribution >= 4 is 17.4 Å². The van der Waals surface area contributed by atoms with Crippen molar-refractivity contribution in [2.45, 2.75) is 19.8 Å². The van der Waals surface area contributed by atoms with E-state index < -0.39 is 0 Å². The molecule has 0 radical (unpaired) electrons. The van der Waals surface area contributed by atoms with Crippen molar-refractivity contribution in [3.63, 3.8) is 0 Å². The minimum Gasteiger partial charge on any atom is -0.495 e. The quantitative estimate of drug-likeness (QED) is 0.823. The lowest BCUT2D eigenvalue weighted by Gasteiger charge is -2.21. The minimum atomic E-state index is -0.185. The van der Waals surface area contributed by atoms with Gasteiger partial charge >= 0.3 is 0 Å². The van der Waals surface area contributed by atoms with Gasteiger partial charge in [0.2, 0.25) is 5.91 Å². The largest absolute Gasteiger partial charge is 0.495 e. The van der Waals surface area contributed by atoms with Crippen LogP contribution < -0.4 is 15.4 Å². The molecule has 0 bridgehead atoms. The van der Waals surface area contributed by atoms with Crippen LogP contribution in [-0.4, -0.2) is 31.9 Å². The average molecular weight is 276 g/mol. The number of nitrogens with one attached hydrogen (secondary N) is 2. The standard InChI is InChI=1S/C15H20N2O3/c1-10(18)17-13-9-12(3-4-14(13)20-2)15(19)11-5-7-16-8-6-11/h3-4,9,11,16H,5-8H2,1-2H3,(H,17,18). The number of anilines is 1. The zero-order chi connectivity index (χ0) is 14.5. The molecule has 0 aromatic heterocycles. The van der Waals surface area contributed by atoms with Gasteiger partial charge in [-0.25, -0.2) is 0 Å². The van der Waals surface area contributed by atoms with E-state index in [9.17, 15) is 9.59 Å². The molecule has 1 aliphatic rings. The van der Waals surface area contributed by atoms with E-state index in [0.717, 1.165) is 25.9 Å². The highest BCUT2D eigenvalue weighted by molar-refractivity contribution is 6.00. The van der Waals surface area contributed by atoms with E-state index in [2.05, 4.69) is 10.6 Å². The zero-order valence-electron chi connectivity index (χ0n) is 11.9. The molecule has 0 atom stereocenters. The SMILES string of the molecule is COc1ccc(C(=O)C2CCNCC2)cc1NC(C)=O. The summed E-state index contributed by atoms with van der Waals surface area (Å²) in [4.78, 5) is 23.7. The first kappa shape index (κ1) is 14.5. The highest BCUT2D eigenvalue weighted by Gasteiger charge is 2.23. The van der Waals surface area contributed by atoms with Crippen LogP contribution in [0.1, 0.15) is 30.1 Å². The van der Waals surface area contributed by atoms with Gasteiger partial charge in [0.15, 0.2) is 5.78 Å². The Hall–Kier alpha value is -1.88. The number of ether oxygens (including phenoxy) is 1. The maximum absolute atomic E-state index is 12.5. The summed E-state index contributed by atoms with van der Waals surface area (Å²) in [5.74, 6) is 0.576. The van der Waals surface area contributed by atoms with Crippen molar-refractivity contribution in [1.82, 2.24) is 5.32 Å². The molecule has 0 spiro atoms. The lowest BCUT2D eigenvalue weighted by Crippen LogP contribution is -2.31. The van der Waals surface area contributed by atoms with Gasteiger partial charge in [0.05, 0.1) is 12.8 Å². The molecule has 1 aromatic rings. The average Bonchev–Trinajstić information content (AvgIpc) is 2.46. The van der Waals surface area contributed by atoms with Crippen LogP contribution >= 0.6 is 0 Å². The Kier molecular flexibility index (Phi) is 4.74. The fourth-order valence-electron chi connectivity index (χ4n) is 2.47. The maximum atomic E-state index is 12.5. The van der Waals surface area contributed by atoms with Gasteiger partial charge in [-0.3, -0.25) is 9.59 Å². The van der Waals surface area contributed by atoms with Crippen molar-refractivity contribution in [2.75, 3.05) is 25.5 Å². The van der Waals surface area contributed by atoms with Gasteiger partial charge in [0.25, 0.3) is 0 Å². The number of amides is 1. The van der Waals surface area contributed by atoms with Crippen LogP contribution in [0.3, 0.4) is 0 Å². The molecule has 2 N–H and O–H groups in total. The fourth-order valence-corrected chi connectivity index (χ4v) is 2.47. The summed E-state index contributed by atoms with van der Waals surface area (Å²) in [6.45, 7) is 3.19. The first-order valence-electron chi connectivity index (χ1n) is 6.82. The molecule has 1 saturated heterocycles. The highest BCUT2D eigenvalue weighted by Crippen LogP contribution is 2.28. The Labute approximate surface area is 118 Å². The number of carbonyl (C=O) groups is 2. The Morgan fingerprint density at radius 2 is 2.00 bits per heavy atom.